The fraction of sp³-hybridized carbons (Fsp3) is 0.250. The molecule has 0 aromatic heterocycles. The Balaban J connectivity index is 2.06. The van der Waals surface area contributed by atoms with Crippen LogP contribution < -0.4 is 5.73 Å². The molecule has 2 aromatic rings. The normalized spacial score (nSPS) is 17.3. The van der Waals surface area contributed by atoms with E-state index in [-0.39, 0.29) is 35.1 Å². The maximum Gasteiger partial charge on any atom is 0.285 e. The van der Waals surface area contributed by atoms with Gasteiger partial charge in [-0.1, -0.05) is 80.6 Å². The van der Waals surface area contributed by atoms with E-state index >= 15 is 0 Å². The van der Waals surface area contributed by atoms with Crippen molar-refractivity contribution < 1.29 is 8.42 Å². The number of hydrogen-bond acceptors (Lipinski definition) is 3. The van der Waals surface area contributed by atoms with E-state index in [9.17, 15) is 8.42 Å². The second-order valence-electron chi connectivity index (χ2n) is 8.93. The number of benzene rings is 2. The number of guanidine groups is 1. The maximum atomic E-state index is 13.2. The van der Waals surface area contributed by atoms with E-state index in [0.29, 0.717) is 10.7 Å². The molecule has 1 heterocycles. The molecule has 0 unspecified atom stereocenters. The third-order valence-electron chi connectivity index (χ3n) is 5.67. The summed E-state index contributed by atoms with van der Waals surface area (Å²) < 4.78 is 30.5. The van der Waals surface area contributed by atoms with E-state index < -0.39 is 10.0 Å². The molecule has 1 aliphatic rings. The first kappa shape index (κ1) is 28.1. The monoisotopic (exact) mass is 537 g/mol. The summed E-state index contributed by atoms with van der Waals surface area (Å²) in [5.41, 5.74) is 9.22. The van der Waals surface area contributed by atoms with Crippen LogP contribution in [0, 0.1) is 5.92 Å². The molecule has 2 aromatic carbocycles. The van der Waals surface area contributed by atoms with Crippen molar-refractivity contribution in [3.8, 4) is 0 Å². The van der Waals surface area contributed by atoms with Crippen LogP contribution in [0.2, 0.25) is 5.02 Å². The zero-order valence-electron chi connectivity index (χ0n) is 21.5. The number of hydrazone groups is 1. The van der Waals surface area contributed by atoms with E-state index in [1.807, 2.05) is 57.2 Å². The summed E-state index contributed by atoms with van der Waals surface area (Å²) in [7, 11) is -4.08. The summed E-state index contributed by atoms with van der Waals surface area (Å²) in [6.07, 6.45) is 7.62. The third-order valence-corrected chi connectivity index (χ3v) is 7.19. The summed E-state index contributed by atoms with van der Waals surface area (Å²) in [5.74, 6) is 0.0707. The van der Waals surface area contributed by atoms with Gasteiger partial charge in [-0.3, -0.25) is 0 Å². The van der Waals surface area contributed by atoms with Gasteiger partial charge >= 0.3 is 0 Å². The average Bonchev–Trinajstić information content (AvgIpc) is 3.29. The lowest BCUT2D eigenvalue weighted by atomic mass is 9.91. The van der Waals surface area contributed by atoms with E-state index in [2.05, 4.69) is 16.0 Å². The largest absolute Gasteiger partial charge is 0.387 e. The van der Waals surface area contributed by atoms with Gasteiger partial charge in [-0.05, 0) is 60.7 Å². The Labute approximate surface area is 224 Å². The third kappa shape index (κ3) is 7.27. The van der Waals surface area contributed by atoms with Gasteiger partial charge in [0.05, 0.1) is 23.0 Å². The molecule has 0 saturated heterocycles. The van der Waals surface area contributed by atoms with Gasteiger partial charge < -0.3 is 5.73 Å². The minimum absolute atomic E-state index is 0.0654. The molecule has 9 heteroatoms. The second-order valence-corrected chi connectivity index (χ2v) is 11.0. The molecule has 1 atom stereocenters. The first-order chi connectivity index (χ1) is 17.5. The molecule has 0 amide bonds. The molecule has 0 saturated carbocycles. The number of sulfonamides is 1. The maximum absolute atomic E-state index is 13.2. The van der Waals surface area contributed by atoms with Crippen LogP contribution in [-0.4, -0.2) is 37.5 Å². The van der Waals surface area contributed by atoms with Crippen molar-refractivity contribution in [3.63, 3.8) is 0 Å². The molecule has 2 N–H and O–H groups in total. The lowest BCUT2D eigenvalue weighted by Gasteiger charge is -2.16. The molecule has 0 aliphatic carbocycles. The predicted molar refractivity (Wildman–Crippen MR) is 154 cm³/mol. The van der Waals surface area contributed by atoms with E-state index in [4.69, 9.17) is 22.4 Å². The van der Waals surface area contributed by atoms with Crippen LogP contribution >= 0.6 is 11.6 Å². The van der Waals surface area contributed by atoms with E-state index in [1.165, 1.54) is 5.01 Å². The summed E-state index contributed by atoms with van der Waals surface area (Å²) >= 11 is 6.09. The predicted octanol–water partition coefficient (Wildman–Crippen LogP) is 5.91. The summed E-state index contributed by atoms with van der Waals surface area (Å²) in [5, 5.41) is 6.78. The lowest BCUT2D eigenvalue weighted by Crippen LogP contribution is -2.28. The van der Waals surface area contributed by atoms with Crippen molar-refractivity contribution >= 4 is 39.1 Å². The first-order valence-corrected chi connectivity index (χ1v) is 13.7. The Bertz CT molecular complexity index is 1380. The molecule has 0 fully saturated rings. The Kier molecular flexibility index (Phi) is 9.23. The van der Waals surface area contributed by atoms with Crippen LogP contribution in [0.25, 0.3) is 0 Å². The molecule has 1 aliphatic heterocycles. The van der Waals surface area contributed by atoms with Crippen molar-refractivity contribution in [2.24, 2.45) is 26.1 Å². The number of nitrogens with zero attached hydrogens (tertiary/aromatic N) is 4. The standard InChI is InChI=1S/C28H32ClN5O2S/c1-6-7-8-9-20(4)26-18-34(32-27(26)23-10-14-24(29)15-11-23)28(31-21(5)30)33-37(35,36)25-16-12-22(13-17-25)19(2)3/h6-17,19,26H,4,18H2,1-3,5H3,(H2,30,31,33)/b7-6-,9-8-/t26-/m1/s1. The van der Waals surface area contributed by atoms with Gasteiger partial charge in [0.15, 0.2) is 0 Å². The second kappa shape index (κ2) is 12.2. The molecular weight excluding hydrogens is 506 g/mol. The van der Waals surface area contributed by atoms with E-state index in [1.54, 1.807) is 43.3 Å². The molecule has 0 spiro atoms. The van der Waals surface area contributed by atoms with Crippen molar-refractivity contribution in [1.82, 2.24) is 5.01 Å². The highest BCUT2D eigenvalue weighted by Crippen LogP contribution is 2.28. The van der Waals surface area contributed by atoms with Crippen LogP contribution in [0.1, 0.15) is 44.7 Å². The Hall–Kier alpha value is -3.49. The highest BCUT2D eigenvalue weighted by molar-refractivity contribution is 7.90. The lowest BCUT2D eigenvalue weighted by molar-refractivity contribution is 0.460. The minimum Gasteiger partial charge on any atom is -0.387 e. The number of aliphatic imine (C=N–C) groups is 1. The molecule has 3 rings (SSSR count). The Morgan fingerprint density at radius 2 is 1.81 bits per heavy atom. The van der Waals surface area contributed by atoms with Gasteiger partial charge in [-0.25, -0.2) is 5.01 Å². The molecule has 7 nitrogen and oxygen atoms in total. The fourth-order valence-electron chi connectivity index (χ4n) is 3.67. The molecule has 37 heavy (non-hydrogen) atoms. The highest BCUT2D eigenvalue weighted by atomic mass is 35.5. The average molecular weight is 538 g/mol. The zero-order chi connectivity index (χ0) is 27.2. The van der Waals surface area contributed by atoms with Crippen LogP contribution in [0.5, 0.6) is 0 Å². The van der Waals surface area contributed by atoms with E-state index in [0.717, 1.165) is 16.7 Å². The van der Waals surface area contributed by atoms with Crippen LogP contribution in [0.4, 0.5) is 0 Å². The number of halogens is 1. The van der Waals surface area contributed by atoms with Crippen molar-refractivity contribution in [3.05, 3.63) is 101 Å². The zero-order valence-corrected chi connectivity index (χ0v) is 23.0. The van der Waals surface area contributed by atoms with Crippen LogP contribution in [0.15, 0.2) is 104 Å². The number of amidine groups is 1. The number of hydrogen-bond donors (Lipinski definition) is 1. The van der Waals surface area contributed by atoms with Gasteiger partial charge in [0, 0.05) is 10.9 Å². The highest BCUT2D eigenvalue weighted by Gasteiger charge is 2.32. The summed E-state index contributed by atoms with van der Waals surface area (Å²) in [6.45, 7) is 12.1. The molecule has 194 valence electrons. The first-order valence-electron chi connectivity index (χ1n) is 11.9. The summed E-state index contributed by atoms with van der Waals surface area (Å²) in [6, 6.07) is 14.0. The van der Waals surface area contributed by atoms with Gasteiger partial charge in [0.2, 0.25) is 0 Å². The minimum atomic E-state index is -4.08. The van der Waals surface area contributed by atoms with Crippen molar-refractivity contribution in [1.29, 1.82) is 0 Å². The topological polar surface area (TPSA) is 100 Å². The van der Waals surface area contributed by atoms with Crippen LogP contribution in [0.3, 0.4) is 0 Å². The van der Waals surface area contributed by atoms with Gasteiger partial charge in [-0.15, -0.1) is 4.40 Å². The number of allylic oxidation sites excluding steroid dienone is 4. The van der Waals surface area contributed by atoms with Gasteiger partial charge in [0.1, 0.15) is 0 Å². The molecule has 0 radical (unpaired) electrons. The number of rotatable bonds is 7. The SMILES string of the molecule is C=C(/C=C\C=C/C)[C@H]1CN(C(/N=C(/C)N)=N/S(=O)(=O)c2ccc(C(C)C)cc2)N=C1c1ccc(Cl)cc1. The quantitative estimate of drug-likeness (QED) is 0.269. The van der Waals surface area contributed by atoms with Gasteiger partial charge in [-0.2, -0.15) is 18.5 Å². The van der Waals surface area contributed by atoms with Crippen LogP contribution in [-0.2, 0) is 10.0 Å². The Morgan fingerprint density at radius 3 is 2.38 bits per heavy atom. The number of nitrogens with two attached hydrogens (primary N) is 1. The smallest absolute Gasteiger partial charge is 0.285 e. The van der Waals surface area contributed by atoms with Crippen molar-refractivity contribution in [2.75, 3.05) is 6.54 Å². The molecular formula is C28H32ClN5O2S. The molecule has 0 bridgehead atoms. The van der Waals surface area contributed by atoms with Crippen molar-refractivity contribution in [2.45, 2.75) is 38.5 Å². The Morgan fingerprint density at radius 1 is 1.16 bits per heavy atom. The van der Waals surface area contributed by atoms with Gasteiger partial charge in [0.25, 0.3) is 16.0 Å². The summed E-state index contributed by atoms with van der Waals surface area (Å²) in [4.78, 5) is 4.30. The fourth-order valence-corrected chi connectivity index (χ4v) is 4.73.